The molecule has 0 aliphatic heterocycles. The van der Waals surface area contributed by atoms with Gasteiger partial charge in [0.15, 0.2) is 12.3 Å². The van der Waals surface area contributed by atoms with Crippen LogP contribution < -0.4 is 0 Å². The molecule has 19 heavy (non-hydrogen) atoms. The van der Waals surface area contributed by atoms with Crippen LogP contribution in [0.3, 0.4) is 0 Å². The van der Waals surface area contributed by atoms with Crippen molar-refractivity contribution in [2.75, 3.05) is 6.61 Å². The Morgan fingerprint density at radius 2 is 2.05 bits per heavy atom. The molecule has 0 unspecified atom stereocenters. The molecule has 1 aliphatic rings. The summed E-state index contributed by atoms with van der Waals surface area (Å²) in [6.45, 7) is 0.978. The lowest BCUT2D eigenvalue weighted by atomic mass is 9.75. The zero-order valence-electron chi connectivity index (χ0n) is 10.3. The molecule has 0 N–H and O–H groups in total. The van der Waals surface area contributed by atoms with E-state index < -0.39 is 0 Å². The van der Waals surface area contributed by atoms with Crippen molar-refractivity contribution in [2.24, 2.45) is 11.8 Å². The first-order valence-corrected chi connectivity index (χ1v) is 7.61. The van der Waals surface area contributed by atoms with E-state index in [1.54, 1.807) is 23.0 Å². The molecule has 4 nitrogen and oxygen atoms in total. The second-order valence-electron chi connectivity index (χ2n) is 4.54. The van der Waals surface area contributed by atoms with Crippen LogP contribution in [-0.2, 0) is 22.8 Å². The lowest BCUT2D eigenvalue weighted by Gasteiger charge is -2.32. The number of hydrogen-bond acceptors (Lipinski definition) is 5. The molecular weight excluding hydrogens is 379 g/mol. The highest BCUT2D eigenvalue weighted by atomic mass is 127. The average Bonchev–Trinajstić information content (AvgIpc) is 2.40. The Morgan fingerprint density at radius 3 is 2.74 bits per heavy atom. The molecule has 1 saturated carbocycles. The molecular formula is C13H15IO4S. The fraction of sp³-hybridized carbons (Fsp3) is 0.462. The zero-order chi connectivity index (χ0) is 13.5. The molecule has 1 aromatic carbocycles. The largest absolute Gasteiger partial charge is 0.461 e. The summed E-state index contributed by atoms with van der Waals surface area (Å²) in [5.41, 5.74) is 1.02. The summed E-state index contributed by atoms with van der Waals surface area (Å²) in [4.78, 5) is 11.8. The normalized spacial score (nSPS) is 21.7. The Labute approximate surface area is 131 Å². The highest BCUT2D eigenvalue weighted by molar-refractivity contribution is 14.1. The molecule has 0 amide bonds. The van der Waals surface area contributed by atoms with Crippen LogP contribution in [0.4, 0.5) is 0 Å². The van der Waals surface area contributed by atoms with Gasteiger partial charge in [0.2, 0.25) is 0 Å². The number of esters is 1. The van der Waals surface area contributed by atoms with Gasteiger partial charge in [0.1, 0.15) is 29.6 Å². The number of halogens is 1. The standard InChI is InChI=1S/C13H15IO4S/c14-18-19-17-9-11-6-12(7-11)13(15)16-8-10-4-2-1-3-5-10/h1-5,11-12H,6-9H2. The first-order chi connectivity index (χ1) is 9.29. The molecule has 6 heteroatoms. The maximum Gasteiger partial charge on any atom is 0.309 e. The van der Waals surface area contributed by atoms with E-state index in [9.17, 15) is 4.79 Å². The fourth-order valence-corrected chi connectivity index (χ4v) is 2.65. The minimum atomic E-state index is -0.0992. The summed E-state index contributed by atoms with van der Waals surface area (Å²) >= 11 is 2.73. The maximum atomic E-state index is 11.8. The van der Waals surface area contributed by atoms with Crippen LogP contribution >= 0.6 is 35.3 Å². The van der Waals surface area contributed by atoms with Gasteiger partial charge >= 0.3 is 5.97 Å². The Balaban J connectivity index is 1.61. The Hall–Kier alpha value is -0.310. The van der Waals surface area contributed by atoms with Crippen LogP contribution in [0.5, 0.6) is 0 Å². The molecule has 104 valence electrons. The quantitative estimate of drug-likeness (QED) is 0.306. The Bertz CT molecular complexity index is 395. The van der Waals surface area contributed by atoms with E-state index in [2.05, 4.69) is 0 Å². The summed E-state index contributed by atoms with van der Waals surface area (Å²) in [7, 11) is 0. The van der Waals surface area contributed by atoms with Crippen molar-refractivity contribution >= 4 is 41.3 Å². The molecule has 0 heterocycles. The molecule has 0 bridgehead atoms. The third-order valence-electron chi connectivity index (χ3n) is 3.17. The van der Waals surface area contributed by atoms with Crippen LogP contribution in [0, 0.1) is 11.8 Å². The lowest BCUT2D eigenvalue weighted by molar-refractivity contribution is -0.155. The van der Waals surface area contributed by atoms with Crippen molar-refractivity contribution in [3.8, 4) is 0 Å². The first-order valence-electron chi connectivity index (χ1n) is 6.07. The van der Waals surface area contributed by atoms with E-state index in [-0.39, 0.29) is 11.9 Å². The van der Waals surface area contributed by atoms with Gasteiger partial charge < -0.3 is 4.74 Å². The Morgan fingerprint density at radius 1 is 1.32 bits per heavy atom. The highest BCUT2D eigenvalue weighted by Crippen LogP contribution is 2.35. The summed E-state index contributed by atoms with van der Waals surface area (Å²) in [5, 5.41) is 0. The number of rotatable bonds is 7. The second kappa shape index (κ2) is 8.08. The predicted octanol–water partition coefficient (Wildman–Crippen LogP) is 3.70. The molecule has 1 fully saturated rings. The average molecular weight is 394 g/mol. The molecule has 0 atom stereocenters. The van der Waals surface area contributed by atoms with Crippen molar-refractivity contribution in [2.45, 2.75) is 19.4 Å². The van der Waals surface area contributed by atoms with Gasteiger partial charge in [-0.1, -0.05) is 30.3 Å². The van der Waals surface area contributed by atoms with Crippen molar-refractivity contribution < 1.29 is 16.2 Å². The van der Waals surface area contributed by atoms with Crippen LogP contribution in [-0.4, -0.2) is 12.6 Å². The minimum Gasteiger partial charge on any atom is -0.461 e. The fourth-order valence-electron chi connectivity index (χ4n) is 2.05. The van der Waals surface area contributed by atoms with Gasteiger partial charge in [0.05, 0.1) is 12.5 Å². The molecule has 1 aliphatic carbocycles. The number of carbonyl (C=O) groups excluding carboxylic acids is 1. The van der Waals surface area contributed by atoms with Gasteiger partial charge in [0, 0.05) is 0 Å². The predicted molar refractivity (Wildman–Crippen MR) is 81.1 cm³/mol. The van der Waals surface area contributed by atoms with E-state index >= 15 is 0 Å². The van der Waals surface area contributed by atoms with Gasteiger partial charge in [0.25, 0.3) is 0 Å². The lowest BCUT2D eigenvalue weighted by Crippen LogP contribution is -2.33. The van der Waals surface area contributed by atoms with Crippen LogP contribution in [0.2, 0.25) is 0 Å². The minimum absolute atomic E-state index is 0.0304. The van der Waals surface area contributed by atoms with Gasteiger partial charge in [-0.15, -0.1) is 0 Å². The molecule has 1 aromatic rings. The smallest absolute Gasteiger partial charge is 0.309 e. The van der Waals surface area contributed by atoms with E-state index in [1.807, 2.05) is 30.3 Å². The number of ether oxygens (including phenoxy) is 1. The number of benzene rings is 1. The van der Waals surface area contributed by atoms with Crippen molar-refractivity contribution in [3.63, 3.8) is 0 Å². The van der Waals surface area contributed by atoms with E-state index in [1.165, 1.54) is 0 Å². The highest BCUT2D eigenvalue weighted by Gasteiger charge is 2.35. The van der Waals surface area contributed by atoms with E-state index in [0.717, 1.165) is 30.7 Å². The monoisotopic (exact) mass is 394 g/mol. The van der Waals surface area contributed by atoms with Crippen molar-refractivity contribution in [3.05, 3.63) is 35.9 Å². The number of carbonyl (C=O) groups is 1. The van der Waals surface area contributed by atoms with Crippen LogP contribution in [0.15, 0.2) is 30.3 Å². The van der Waals surface area contributed by atoms with Gasteiger partial charge in [-0.25, -0.2) is 2.51 Å². The summed E-state index contributed by atoms with van der Waals surface area (Å²) in [6, 6.07) is 9.72. The van der Waals surface area contributed by atoms with Gasteiger partial charge in [-0.3, -0.25) is 8.98 Å². The molecule has 2 rings (SSSR count). The second-order valence-corrected chi connectivity index (χ2v) is 6.12. The molecule has 0 aromatic heterocycles. The Kier molecular flexibility index (Phi) is 6.42. The summed E-state index contributed by atoms with van der Waals surface area (Å²) < 4.78 is 15.2. The molecule has 0 saturated heterocycles. The van der Waals surface area contributed by atoms with Crippen molar-refractivity contribution in [1.29, 1.82) is 0 Å². The summed E-state index contributed by atoms with van der Waals surface area (Å²) in [6.07, 6.45) is 1.69. The molecule has 0 spiro atoms. The molecule has 0 radical (unpaired) electrons. The van der Waals surface area contributed by atoms with Gasteiger partial charge in [-0.2, -0.15) is 0 Å². The van der Waals surface area contributed by atoms with E-state index in [0.29, 0.717) is 19.1 Å². The van der Waals surface area contributed by atoms with Crippen molar-refractivity contribution in [1.82, 2.24) is 0 Å². The first kappa shape index (κ1) is 15.1. The SMILES string of the molecule is O=C(OCc1ccccc1)C1CC(COSOI)C1. The summed E-state index contributed by atoms with van der Waals surface area (Å²) in [5.74, 6) is 0.369. The van der Waals surface area contributed by atoms with Crippen LogP contribution in [0.1, 0.15) is 18.4 Å². The van der Waals surface area contributed by atoms with Crippen LogP contribution in [0.25, 0.3) is 0 Å². The van der Waals surface area contributed by atoms with Gasteiger partial charge in [-0.05, 0) is 24.3 Å². The third-order valence-corrected chi connectivity index (χ3v) is 3.89. The zero-order valence-corrected chi connectivity index (χ0v) is 13.3. The number of hydrogen-bond donors (Lipinski definition) is 0. The topological polar surface area (TPSA) is 44.8 Å². The maximum absolute atomic E-state index is 11.8. The third kappa shape index (κ3) is 4.94. The van der Waals surface area contributed by atoms with E-state index in [4.69, 9.17) is 11.4 Å².